The van der Waals surface area contributed by atoms with Gasteiger partial charge in [-0.3, -0.25) is 29.4 Å². The maximum atomic E-state index is 12.8. The number of hydrogen-bond donors (Lipinski definition) is 2. The molecule has 2 aliphatic rings. The summed E-state index contributed by atoms with van der Waals surface area (Å²) in [5.41, 5.74) is 0.501. The molecular formula is C21H27N3O5. The number of ether oxygens (including phenoxy) is 1. The fraction of sp³-hybridized carbons (Fsp3) is 0.524. The van der Waals surface area contributed by atoms with Gasteiger partial charge in [-0.25, -0.2) is 0 Å². The molecule has 0 aliphatic carbocycles. The van der Waals surface area contributed by atoms with Crippen LogP contribution >= 0.6 is 0 Å². The molecule has 0 bridgehead atoms. The normalized spacial score (nSPS) is 18.8. The average Bonchev–Trinajstić information content (AvgIpc) is 2.94. The minimum Gasteiger partial charge on any atom is -0.494 e. The third kappa shape index (κ3) is 4.82. The van der Waals surface area contributed by atoms with Crippen LogP contribution in [0.3, 0.4) is 0 Å². The molecule has 2 N–H and O–H groups in total. The number of fused-ring (bicyclic) bond motifs is 1. The molecular weight excluding hydrogens is 374 g/mol. The second-order valence-corrected chi connectivity index (χ2v) is 7.37. The number of carbonyl (C=O) groups is 4. The standard InChI is InChI=1S/C21H27N3O5/c1-22-11-5-3-2-4-6-12-29-14-7-8-15-16(13-14)21(28)24(20(15)27)17-9-10-18(25)23-19(17)26/h7-8,13,17,22H,2-6,9-12H2,1H3,(H,23,25,26). The third-order valence-corrected chi connectivity index (χ3v) is 5.25. The Morgan fingerprint density at radius 1 is 1.03 bits per heavy atom. The van der Waals surface area contributed by atoms with Crippen LogP contribution < -0.4 is 15.4 Å². The van der Waals surface area contributed by atoms with Gasteiger partial charge in [0, 0.05) is 6.42 Å². The van der Waals surface area contributed by atoms with Crippen LogP contribution in [0.25, 0.3) is 0 Å². The summed E-state index contributed by atoms with van der Waals surface area (Å²) in [5.74, 6) is -1.49. The number of amides is 4. The number of piperidine rings is 1. The Labute approximate surface area is 170 Å². The Morgan fingerprint density at radius 3 is 2.52 bits per heavy atom. The van der Waals surface area contributed by atoms with Gasteiger partial charge in [0.25, 0.3) is 11.8 Å². The fourth-order valence-electron chi connectivity index (χ4n) is 3.66. The van der Waals surface area contributed by atoms with Gasteiger partial charge >= 0.3 is 0 Å². The molecule has 3 rings (SSSR count). The van der Waals surface area contributed by atoms with Gasteiger partial charge < -0.3 is 10.1 Å². The van der Waals surface area contributed by atoms with Crippen molar-refractivity contribution in [1.29, 1.82) is 0 Å². The first-order chi connectivity index (χ1) is 14.0. The predicted molar refractivity (Wildman–Crippen MR) is 106 cm³/mol. The molecule has 1 saturated heterocycles. The maximum absolute atomic E-state index is 12.8. The van der Waals surface area contributed by atoms with E-state index in [2.05, 4.69) is 10.6 Å². The van der Waals surface area contributed by atoms with Crippen LogP contribution in [0, 0.1) is 0 Å². The van der Waals surface area contributed by atoms with Gasteiger partial charge in [0.2, 0.25) is 11.8 Å². The van der Waals surface area contributed by atoms with Crippen molar-refractivity contribution in [3.05, 3.63) is 29.3 Å². The summed E-state index contributed by atoms with van der Waals surface area (Å²) in [6.07, 6.45) is 5.76. The number of imide groups is 2. The summed E-state index contributed by atoms with van der Waals surface area (Å²) in [6, 6.07) is 3.85. The van der Waals surface area contributed by atoms with E-state index in [4.69, 9.17) is 4.74 Å². The second kappa shape index (κ2) is 9.65. The van der Waals surface area contributed by atoms with Gasteiger partial charge in [-0.2, -0.15) is 0 Å². The van der Waals surface area contributed by atoms with E-state index in [9.17, 15) is 19.2 Å². The lowest BCUT2D eigenvalue weighted by Crippen LogP contribution is -2.54. The Kier molecular flexibility index (Phi) is 6.98. The lowest BCUT2D eigenvalue weighted by molar-refractivity contribution is -0.136. The molecule has 0 saturated carbocycles. The SMILES string of the molecule is CNCCCCCCCOc1ccc2c(c1)C(=O)N(C1CCC(=O)NC1=O)C2=O. The van der Waals surface area contributed by atoms with E-state index in [1.807, 2.05) is 7.05 Å². The van der Waals surface area contributed by atoms with Crippen LogP contribution in [0.5, 0.6) is 5.75 Å². The van der Waals surface area contributed by atoms with E-state index in [0.717, 1.165) is 30.7 Å². The van der Waals surface area contributed by atoms with E-state index in [-0.39, 0.29) is 29.9 Å². The van der Waals surface area contributed by atoms with Gasteiger partial charge in [-0.15, -0.1) is 0 Å². The first-order valence-corrected chi connectivity index (χ1v) is 10.2. The quantitative estimate of drug-likeness (QED) is 0.456. The zero-order chi connectivity index (χ0) is 20.8. The van der Waals surface area contributed by atoms with Crippen molar-refractivity contribution in [3.63, 3.8) is 0 Å². The van der Waals surface area contributed by atoms with Crippen LogP contribution in [0.2, 0.25) is 0 Å². The first kappa shape index (κ1) is 21.0. The summed E-state index contributed by atoms with van der Waals surface area (Å²) in [6.45, 7) is 1.58. The minimum atomic E-state index is -0.952. The molecule has 156 valence electrons. The van der Waals surface area contributed by atoms with Crippen molar-refractivity contribution in [3.8, 4) is 5.75 Å². The topological polar surface area (TPSA) is 105 Å². The molecule has 0 radical (unpaired) electrons. The molecule has 4 amide bonds. The Hall–Kier alpha value is -2.74. The first-order valence-electron chi connectivity index (χ1n) is 10.2. The highest BCUT2D eigenvalue weighted by Gasteiger charge is 2.44. The monoisotopic (exact) mass is 401 g/mol. The number of carbonyl (C=O) groups excluding carboxylic acids is 4. The zero-order valence-corrected chi connectivity index (χ0v) is 16.7. The molecule has 1 unspecified atom stereocenters. The van der Waals surface area contributed by atoms with Crippen molar-refractivity contribution in [2.45, 2.75) is 51.0 Å². The molecule has 1 aromatic carbocycles. The van der Waals surface area contributed by atoms with E-state index >= 15 is 0 Å². The number of nitrogens with one attached hydrogen (secondary N) is 2. The van der Waals surface area contributed by atoms with E-state index in [0.29, 0.717) is 12.4 Å². The summed E-state index contributed by atoms with van der Waals surface area (Å²) in [4.78, 5) is 49.8. The lowest BCUT2D eigenvalue weighted by atomic mass is 10.0. The summed E-state index contributed by atoms with van der Waals surface area (Å²) >= 11 is 0. The molecule has 1 aromatic rings. The molecule has 2 aliphatic heterocycles. The fourth-order valence-corrected chi connectivity index (χ4v) is 3.66. The molecule has 0 spiro atoms. The molecule has 1 fully saturated rings. The second-order valence-electron chi connectivity index (χ2n) is 7.37. The zero-order valence-electron chi connectivity index (χ0n) is 16.7. The van der Waals surface area contributed by atoms with Gasteiger partial charge in [0.05, 0.1) is 17.7 Å². The number of unbranched alkanes of at least 4 members (excludes halogenated alkanes) is 4. The van der Waals surface area contributed by atoms with Crippen LogP contribution in [-0.2, 0) is 9.59 Å². The molecule has 8 heteroatoms. The summed E-state index contributed by atoms with van der Waals surface area (Å²) in [7, 11) is 1.95. The van der Waals surface area contributed by atoms with Crippen molar-refractivity contribution in [2.75, 3.05) is 20.2 Å². The largest absolute Gasteiger partial charge is 0.494 e. The smallest absolute Gasteiger partial charge is 0.262 e. The van der Waals surface area contributed by atoms with Crippen molar-refractivity contribution in [1.82, 2.24) is 15.5 Å². The third-order valence-electron chi connectivity index (χ3n) is 5.25. The van der Waals surface area contributed by atoms with Gasteiger partial charge in [0.1, 0.15) is 11.8 Å². The Morgan fingerprint density at radius 2 is 1.76 bits per heavy atom. The van der Waals surface area contributed by atoms with Crippen LogP contribution in [0.15, 0.2) is 18.2 Å². The summed E-state index contributed by atoms with van der Waals surface area (Å²) < 4.78 is 5.74. The summed E-state index contributed by atoms with van der Waals surface area (Å²) in [5, 5.41) is 5.32. The van der Waals surface area contributed by atoms with Crippen LogP contribution in [0.4, 0.5) is 0 Å². The van der Waals surface area contributed by atoms with Crippen molar-refractivity contribution in [2.24, 2.45) is 0 Å². The Balaban J connectivity index is 1.55. The van der Waals surface area contributed by atoms with Gasteiger partial charge in [-0.05, 0) is 51.1 Å². The Bertz CT molecular complexity index is 808. The molecule has 29 heavy (non-hydrogen) atoms. The molecule has 8 nitrogen and oxygen atoms in total. The highest BCUT2D eigenvalue weighted by molar-refractivity contribution is 6.23. The minimum absolute atomic E-state index is 0.104. The van der Waals surface area contributed by atoms with Crippen LogP contribution in [-0.4, -0.2) is 54.8 Å². The van der Waals surface area contributed by atoms with E-state index < -0.39 is 23.8 Å². The highest BCUT2D eigenvalue weighted by Crippen LogP contribution is 2.30. The number of rotatable bonds is 10. The van der Waals surface area contributed by atoms with E-state index in [1.165, 1.54) is 12.8 Å². The van der Waals surface area contributed by atoms with Crippen LogP contribution in [0.1, 0.15) is 65.7 Å². The van der Waals surface area contributed by atoms with Gasteiger partial charge in [-0.1, -0.05) is 19.3 Å². The number of benzene rings is 1. The average molecular weight is 401 g/mol. The molecule has 2 heterocycles. The lowest BCUT2D eigenvalue weighted by Gasteiger charge is -2.27. The van der Waals surface area contributed by atoms with E-state index in [1.54, 1.807) is 18.2 Å². The molecule has 0 aromatic heterocycles. The highest BCUT2D eigenvalue weighted by atomic mass is 16.5. The van der Waals surface area contributed by atoms with Crippen molar-refractivity contribution < 1.29 is 23.9 Å². The maximum Gasteiger partial charge on any atom is 0.262 e. The predicted octanol–water partition coefficient (Wildman–Crippen LogP) is 1.64. The van der Waals surface area contributed by atoms with Crippen molar-refractivity contribution >= 4 is 23.6 Å². The molecule has 1 atom stereocenters. The van der Waals surface area contributed by atoms with Gasteiger partial charge in [0.15, 0.2) is 0 Å². The number of nitrogens with zero attached hydrogens (tertiary/aromatic N) is 1. The number of hydrogen-bond acceptors (Lipinski definition) is 6.